The Balaban J connectivity index is 1.92. The number of hydrogen-bond donors (Lipinski definition) is 1. The Kier molecular flexibility index (Phi) is 4.98. The van der Waals surface area contributed by atoms with Crippen LogP contribution in [0, 0.1) is 0 Å². The molecule has 0 amide bonds. The van der Waals surface area contributed by atoms with Crippen molar-refractivity contribution >= 4 is 23.1 Å². The van der Waals surface area contributed by atoms with Gasteiger partial charge < -0.3 is 10.3 Å². The van der Waals surface area contributed by atoms with Gasteiger partial charge in [-0.25, -0.2) is 4.98 Å². The number of nitrogens with two attached hydrogens (primary N) is 1. The predicted molar refractivity (Wildman–Crippen MR) is 95.2 cm³/mol. The van der Waals surface area contributed by atoms with Crippen LogP contribution in [0.25, 0.3) is 0 Å². The average molecular weight is 339 g/mol. The fourth-order valence-corrected chi connectivity index (χ4v) is 2.18. The molecule has 0 bridgehead atoms. The van der Waals surface area contributed by atoms with E-state index in [4.69, 9.17) is 17.3 Å². The third-order valence-electron chi connectivity index (χ3n) is 3.27. The van der Waals surface area contributed by atoms with Gasteiger partial charge in [0, 0.05) is 23.6 Å². The smallest absolute Gasteiger partial charge is 0.171 e. The van der Waals surface area contributed by atoms with Crippen LogP contribution in [-0.4, -0.2) is 26.1 Å². The van der Waals surface area contributed by atoms with Crippen molar-refractivity contribution in [2.24, 2.45) is 15.9 Å². The van der Waals surface area contributed by atoms with Gasteiger partial charge in [0.25, 0.3) is 0 Å². The Labute approximate surface area is 144 Å². The first-order valence-corrected chi connectivity index (χ1v) is 7.63. The summed E-state index contributed by atoms with van der Waals surface area (Å²) in [5.41, 5.74) is 8.19. The Hall–Kier alpha value is -2.99. The van der Waals surface area contributed by atoms with Gasteiger partial charge in [-0.1, -0.05) is 29.8 Å². The normalized spacial score (nSPS) is 12.4. The summed E-state index contributed by atoms with van der Waals surface area (Å²) in [6.45, 7) is 0.515. The number of aromatic nitrogens is 3. The molecule has 0 aliphatic rings. The summed E-state index contributed by atoms with van der Waals surface area (Å²) in [6, 6.07) is 12.9. The number of halogens is 1. The van der Waals surface area contributed by atoms with E-state index in [0.29, 0.717) is 17.3 Å². The number of rotatable bonds is 5. The van der Waals surface area contributed by atoms with Gasteiger partial charge in [0.15, 0.2) is 5.84 Å². The summed E-state index contributed by atoms with van der Waals surface area (Å²) >= 11 is 5.96. The van der Waals surface area contributed by atoms with Crippen LogP contribution >= 0.6 is 11.6 Å². The zero-order valence-corrected chi connectivity index (χ0v) is 13.5. The van der Waals surface area contributed by atoms with Crippen molar-refractivity contribution in [3.05, 3.63) is 83.7 Å². The maximum atomic E-state index is 5.96. The number of benzene rings is 1. The van der Waals surface area contributed by atoms with Gasteiger partial charge >= 0.3 is 0 Å². The summed E-state index contributed by atoms with van der Waals surface area (Å²) < 4.78 is 1.90. The monoisotopic (exact) mass is 338 g/mol. The number of amidine groups is 1. The summed E-state index contributed by atoms with van der Waals surface area (Å²) in [5.74, 6) is 0.257. The molecular formula is C17H15ClN6. The van der Waals surface area contributed by atoms with Crippen molar-refractivity contribution < 1.29 is 0 Å². The van der Waals surface area contributed by atoms with Crippen LogP contribution in [0.5, 0.6) is 0 Å². The number of imidazole rings is 1. The zero-order valence-electron chi connectivity index (χ0n) is 12.7. The largest absolute Gasteiger partial charge is 0.380 e. The third-order valence-corrected chi connectivity index (χ3v) is 3.53. The summed E-state index contributed by atoms with van der Waals surface area (Å²) in [5, 5.41) is 9.11. The van der Waals surface area contributed by atoms with E-state index >= 15 is 0 Å². The van der Waals surface area contributed by atoms with E-state index in [9.17, 15) is 0 Å². The van der Waals surface area contributed by atoms with Gasteiger partial charge in [-0.2, -0.15) is 5.10 Å². The summed E-state index contributed by atoms with van der Waals surface area (Å²) in [7, 11) is 0. The third kappa shape index (κ3) is 4.05. The molecule has 7 heteroatoms. The van der Waals surface area contributed by atoms with Gasteiger partial charge in [0.1, 0.15) is 5.69 Å². The molecule has 0 aliphatic heterocycles. The lowest BCUT2D eigenvalue weighted by molar-refractivity contribution is 0.846. The van der Waals surface area contributed by atoms with Crippen LogP contribution in [0.4, 0.5) is 0 Å². The van der Waals surface area contributed by atoms with Gasteiger partial charge in [0.05, 0.1) is 18.6 Å². The zero-order chi connectivity index (χ0) is 16.8. The highest BCUT2D eigenvalue weighted by Gasteiger charge is 2.06. The number of pyridine rings is 1. The average Bonchev–Trinajstić information content (AvgIpc) is 3.13. The topological polar surface area (TPSA) is 81.5 Å². The SMILES string of the molecule is N/C(=N\N=C(/Cn1ccnc1)c1ccc(Cl)cc1)c1ccccn1. The Morgan fingerprint density at radius 2 is 1.92 bits per heavy atom. The minimum Gasteiger partial charge on any atom is -0.380 e. The molecule has 1 aromatic carbocycles. The molecule has 0 aliphatic carbocycles. The molecule has 0 spiro atoms. The highest BCUT2D eigenvalue weighted by atomic mass is 35.5. The highest BCUT2D eigenvalue weighted by molar-refractivity contribution is 6.30. The van der Waals surface area contributed by atoms with Gasteiger partial charge in [-0.3, -0.25) is 4.98 Å². The Bertz CT molecular complexity index is 839. The molecule has 0 radical (unpaired) electrons. The first kappa shape index (κ1) is 15.9. The molecule has 3 aromatic rings. The minimum atomic E-state index is 0.257. The predicted octanol–water partition coefficient (Wildman–Crippen LogP) is 2.74. The molecule has 0 saturated carbocycles. The number of nitrogens with zero attached hydrogens (tertiary/aromatic N) is 5. The Morgan fingerprint density at radius 1 is 1.08 bits per heavy atom. The minimum absolute atomic E-state index is 0.257. The number of hydrogen-bond acceptors (Lipinski definition) is 4. The molecule has 0 atom stereocenters. The first-order valence-electron chi connectivity index (χ1n) is 7.25. The molecule has 24 heavy (non-hydrogen) atoms. The molecule has 0 saturated heterocycles. The van der Waals surface area contributed by atoms with Gasteiger partial charge in [-0.15, -0.1) is 5.10 Å². The van der Waals surface area contributed by atoms with Crippen LogP contribution in [-0.2, 0) is 6.54 Å². The van der Waals surface area contributed by atoms with Crippen LogP contribution in [0.15, 0.2) is 77.6 Å². The lowest BCUT2D eigenvalue weighted by Crippen LogP contribution is -2.15. The molecule has 6 nitrogen and oxygen atoms in total. The molecule has 2 aromatic heterocycles. The fraction of sp³-hybridized carbons (Fsp3) is 0.0588. The molecule has 3 rings (SSSR count). The second-order valence-corrected chi connectivity index (χ2v) is 5.43. The quantitative estimate of drug-likeness (QED) is 0.441. The van der Waals surface area contributed by atoms with Crippen molar-refractivity contribution in [1.29, 1.82) is 0 Å². The standard InChI is InChI=1S/C17H15ClN6/c18-14-6-4-13(5-7-14)16(11-24-10-9-20-12-24)22-23-17(19)15-3-1-2-8-21-15/h1-10,12H,11H2,(H2,19,23)/b22-16+. The maximum absolute atomic E-state index is 5.96. The molecule has 0 unspecified atom stereocenters. The molecule has 2 N–H and O–H groups in total. The van der Waals surface area contributed by atoms with Crippen molar-refractivity contribution in [3.63, 3.8) is 0 Å². The van der Waals surface area contributed by atoms with Crippen LogP contribution < -0.4 is 5.73 Å². The fourth-order valence-electron chi connectivity index (χ4n) is 2.06. The van der Waals surface area contributed by atoms with Crippen molar-refractivity contribution in [3.8, 4) is 0 Å². The molecule has 120 valence electrons. The summed E-state index contributed by atoms with van der Waals surface area (Å²) in [4.78, 5) is 8.20. The van der Waals surface area contributed by atoms with E-state index in [2.05, 4.69) is 20.2 Å². The second-order valence-electron chi connectivity index (χ2n) is 4.99. The Morgan fingerprint density at radius 3 is 2.58 bits per heavy atom. The van der Waals surface area contributed by atoms with E-state index in [1.54, 1.807) is 24.8 Å². The van der Waals surface area contributed by atoms with Crippen LogP contribution in [0.3, 0.4) is 0 Å². The van der Waals surface area contributed by atoms with E-state index in [-0.39, 0.29) is 5.84 Å². The van der Waals surface area contributed by atoms with E-state index < -0.39 is 0 Å². The first-order chi connectivity index (χ1) is 11.7. The van der Waals surface area contributed by atoms with Crippen molar-refractivity contribution in [1.82, 2.24) is 14.5 Å². The van der Waals surface area contributed by atoms with E-state index in [1.807, 2.05) is 47.2 Å². The van der Waals surface area contributed by atoms with E-state index in [0.717, 1.165) is 11.3 Å². The van der Waals surface area contributed by atoms with Crippen molar-refractivity contribution in [2.75, 3.05) is 0 Å². The lowest BCUT2D eigenvalue weighted by Gasteiger charge is -2.07. The van der Waals surface area contributed by atoms with Gasteiger partial charge in [-0.05, 0) is 29.8 Å². The van der Waals surface area contributed by atoms with Gasteiger partial charge in [0.2, 0.25) is 0 Å². The van der Waals surface area contributed by atoms with Crippen LogP contribution in [0.2, 0.25) is 5.02 Å². The lowest BCUT2D eigenvalue weighted by atomic mass is 10.1. The second kappa shape index (κ2) is 7.52. The highest BCUT2D eigenvalue weighted by Crippen LogP contribution is 2.12. The molecule has 0 fully saturated rings. The molecular weight excluding hydrogens is 324 g/mol. The van der Waals surface area contributed by atoms with E-state index in [1.165, 1.54) is 0 Å². The van der Waals surface area contributed by atoms with Crippen molar-refractivity contribution in [2.45, 2.75) is 6.54 Å². The maximum Gasteiger partial charge on any atom is 0.171 e. The summed E-state index contributed by atoms with van der Waals surface area (Å²) in [6.07, 6.45) is 6.95. The van der Waals surface area contributed by atoms with Crippen LogP contribution in [0.1, 0.15) is 11.3 Å². The molecule has 2 heterocycles.